The molecule has 0 aliphatic heterocycles. The van der Waals surface area contributed by atoms with E-state index in [4.69, 9.17) is 10.5 Å². The predicted octanol–water partition coefficient (Wildman–Crippen LogP) is 1.97. The lowest BCUT2D eigenvalue weighted by atomic mass is 10.0. The van der Waals surface area contributed by atoms with E-state index in [1.54, 1.807) is 6.07 Å². The van der Waals surface area contributed by atoms with Gasteiger partial charge in [-0.1, -0.05) is 12.1 Å². The Morgan fingerprint density at radius 1 is 1.44 bits per heavy atom. The summed E-state index contributed by atoms with van der Waals surface area (Å²) in [6.45, 7) is 1.54. The molecular formula is C12H13NO3. The summed E-state index contributed by atoms with van der Waals surface area (Å²) in [4.78, 5) is 21.9. The van der Waals surface area contributed by atoms with Crippen molar-refractivity contribution in [3.05, 3.63) is 34.9 Å². The number of nitrogens with two attached hydrogens (primary N) is 1. The van der Waals surface area contributed by atoms with E-state index in [-0.39, 0.29) is 11.9 Å². The van der Waals surface area contributed by atoms with Crippen LogP contribution >= 0.6 is 0 Å². The first-order valence-electron chi connectivity index (χ1n) is 5.18. The minimum absolute atomic E-state index is 0.0436. The molecule has 0 heterocycles. The summed E-state index contributed by atoms with van der Waals surface area (Å²) in [6.07, 6.45) is 0.538. The molecule has 4 heteroatoms. The van der Waals surface area contributed by atoms with Crippen LogP contribution in [0.25, 0.3) is 0 Å². The van der Waals surface area contributed by atoms with Gasteiger partial charge in [0.05, 0.1) is 0 Å². The second-order valence-electron chi connectivity index (χ2n) is 3.93. The maximum atomic E-state index is 11.2. The number of ketones is 1. The Bertz CT molecular complexity index is 454. The van der Waals surface area contributed by atoms with Crippen molar-refractivity contribution in [2.45, 2.75) is 25.9 Å². The Hall–Kier alpha value is -1.84. The van der Waals surface area contributed by atoms with Gasteiger partial charge in [-0.3, -0.25) is 4.79 Å². The largest absolute Gasteiger partial charge is 0.441 e. The van der Waals surface area contributed by atoms with E-state index in [1.807, 2.05) is 12.1 Å². The molecular weight excluding hydrogens is 206 g/mol. The van der Waals surface area contributed by atoms with Crippen molar-refractivity contribution >= 4 is 11.9 Å². The van der Waals surface area contributed by atoms with E-state index >= 15 is 0 Å². The molecule has 1 unspecified atom stereocenters. The number of amides is 1. The lowest BCUT2D eigenvalue weighted by Gasteiger charge is -2.11. The van der Waals surface area contributed by atoms with Crippen molar-refractivity contribution in [3.8, 4) is 0 Å². The molecule has 0 bridgehead atoms. The Balaban J connectivity index is 2.28. The molecule has 0 aromatic heterocycles. The first kappa shape index (κ1) is 10.7. The van der Waals surface area contributed by atoms with Crippen molar-refractivity contribution in [1.82, 2.24) is 0 Å². The van der Waals surface area contributed by atoms with E-state index in [1.165, 1.54) is 6.92 Å². The first-order chi connectivity index (χ1) is 7.58. The monoisotopic (exact) mass is 219 g/mol. The summed E-state index contributed by atoms with van der Waals surface area (Å²) in [7, 11) is 0. The SMILES string of the molecule is CC(=O)c1ccc2c(c1)CCC2OC(N)=O. The van der Waals surface area contributed by atoms with Crippen molar-refractivity contribution in [1.29, 1.82) is 0 Å². The minimum atomic E-state index is -0.756. The van der Waals surface area contributed by atoms with E-state index in [0.29, 0.717) is 5.56 Å². The predicted molar refractivity (Wildman–Crippen MR) is 58.2 cm³/mol. The fraction of sp³-hybridized carbons (Fsp3) is 0.333. The van der Waals surface area contributed by atoms with Gasteiger partial charge in [0.1, 0.15) is 6.10 Å². The van der Waals surface area contributed by atoms with Crippen LogP contribution in [0.5, 0.6) is 0 Å². The van der Waals surface area contributed by atoms with Gasteiger partial charge in [0.2, 0.25) is 0 Å². The molecule has 1 amide bonds. The number of aryl methyl sites for hydroxylation is 1. The second kappa shape index (κ2) is 3.96. The first-order valence-corrected chi connectivity index (χ1v) is 5.18. The molecule has 84 valence electrons. The van der Waals surface area contributed by atoms with E-state index in [9.17, 15) is 9.59 Å². The lowest BCUT2D eigenvalue weighted by molar-refractivity contribution is 0.101. The van der Waals surface area contributed by atoms with Crippen LogP contribution in [0, 0.1) is 0 Å². The number of carbonyl (C=O) groups excluding carboxylic acids is 2. The average Bonchev–Trinajstić information content (AvgIpc) is 2.60. The molecule has 0 spiro atoms. The van der Waals surface area contributed by atoms with E-state index in [0.717, 1.165) is 24.0 Å². The standard InChI is InChI=1S/C12H13NO3/c1-7(14)8-2-4-10-9(6-8)3-5-11(10)16-12(13)15/h2,4,6,11H,3,5H2,1H3,(H2,13,15). The molecule has 1 aromatic rings. The summed E-state index contributed by atoms with van der Waals surface area (Å²) < 4.78 is 4.99. The number of Topliss-reactive ketones (excluding diaryl/α,β-unsaturated/α-hetero) is 1. The fourth-order valence-corrected chi connectivity index (χ4v) is 2.06. The minimum Gasteiger partial charge on any atom is -0.441 e. The number of ether oxygens (including phenoxy) is 1. The highest BCUT2D eigenvalue weighted by Gasteiger charge is 2.25. The summed E-state index contributed by atoms with van der Waals surface area (Å²) in [6, 6.07) is 5.46. The number of carbonyl (C=O) groups is 2. The maximum Gasteiger partial charge on any atom is 0.405 e. The topological polar surface area (TPSA) is 69.4 Å². The lowest BCUT2D eigenvalue weighted by Crippen LogP contribution is -2.15. The van der Waals surface area contributed by atoms with Gasteiger partial charge in [0.25, 0.3) is 0 Å². The summed E-state index contributed by atoms with van der Waals surface area (Å²) in [5, 5.41) is 0. The van der Waals surface area contributed by atoms with Gasteiger partial charge in [0, 0.05) is 5.56 Å². The Morgan fingerprint density at radius 2 is 2.19 bits per heavy atom. The molecule has 0 radical (unpaired) electrons. The number of benzene rings is 1. The van der Waals surface area contributed by atoms with Gasteiger partial charge in [0.15, 0.2) is 5.78 Å². The number of rotatable bonds is 2. The van der Waals surface area contributed by atoms with Crippen LogP contribution < -0.4 is 5.73 Å². The van der Waals surface area contributed by atoms with Gasteiger partial charge in [-0.15, -0.1) is 0 Å². The van der Waals surface area contributed by atoms with Crippen LogP contribution in [-0.4, -0.2) is 11.9 Å². The van der Waals surface area contributed by atoms with E-state index < -0.39 is 6.09 Å². The van der Waals surface area contributed by atoms with Gasteiger partial charge in [-0.05, 0) is 37.0 Å². The fourth-order valence-electron chi connectivity index (χ4n) is 2.06. The van der Waals surface area contributed by atoms with Gasteiger partial charge in [-0.25, -0.2) is 4.79 Å². The third-order valence-electron chi connectivity index (χ3n) is 2.83. The number of primary amides is 1. The average molecular weight is 219 g/mol. The Kier molecular flexibility index (Phi) is 2.64. The molecule has 1 aromatic carbocycles. The third-order valence-corrected chi connectivity index (χ3v) is 2.83. The highest BCUT2D eigenvalue weighted by atomic mass is 16.6. The van der Waals surface area contributed by atoms with Crippen LogP contribution in [0.2, 0.25) is 0 Å². The van der Waals surface area contributed by atoms with Crippen LogP contribution in [0.15, 0.2) is 18.2 Å². The van der Waals surface area contributed by atoms with E-state index in [2.05, 4.69) is 0 Å². The molecule has 2 rings (SSSR count). The van der Waals surface area contributed by atoms with Crippen molar-refractivity contribution in [2.24, 2.45) is 5.73 Å². The van der Waals surface area contributed by atoms with Gasteiger partial charge >= 0.3 is 6.09 Å². The number of hydrogen-bond acceptors (Lipinski definition) is 3. The second-order valence-corrected chi connectivity index (χ2v) is 3.93. The third kappa shape index (κ3) is 1.91. The smallest absolute Gasteiger partial charge is 0.405 e. The maximum absolute atomic E-state index is 11.2. The number of fused-ring (bicyclic) bond motifs is 1. The van der Waals surface area contributed by atoms with Gasteiger partial charge < -0.3 is 10.5 Å². The summed E-state index contributed by atoms with van der Waals surface area (Å²) in [5.41, 5.74) is 7.72. The van der Waals surface area contributed by atoms with Crippen LogP contribution in [0.3, 0.4) is 0 Å². The zero-order valence-electron chi connectivity index (χ0n) is 9.03. The molecule has 1 atom stereocenters. The zero-order chi connectivity index (χ0) is 11.7. The quantitative estimate of drug-likeness (QED) is 0.773. The normalized spacial score (nSPS) is 17.9. The molecule has 1 aliphatic rings. The highest BCUT2D eigenvalue weighted by Crippen LogP contribution is 2.34. The van der Waals surface area contributed by atoms with Crippen LogP contribution in [0.1, 0.15) is 40.9 Å². The molecule has 0 saturated carbocycles. The Morgan fingerprint density at radius 3 is 2.81 bits per heavy atom. The summed E-state index contributed by atoms with van der Waals surface area (Å²) >= 11 is 0. The molecule has 2 N–H and O–H groups in total. The van der Waals surface area contributed by atoms with Crippen LogP contribution in [0.4, 0.5) is 4.79 Å². The zero-order valence-corrected chi connectivity index (χ0v) is 9.03. The van der Waals surface area contributed by atoms with Crippen molar-refractivity contribution in [2.75, 3.05) is 0 Å². The molecule has 0 saturated heterocycles. The Labute approximate surface area is 93.4 Å². The molecule has 1 aliphatic carbocycles. The number of hydrogen-bond donors (Lipinski definition) is 1. The molecule has 0 fully saturated rings. The molecule has 16 heavy (non-hydrogen) atoms. The van der Waals surface area contributed by atoms with Crippen molar-refractivity contribution in [3.63, 3.8) is 0 Å². The van der Waals surface area contributed by atoms with Crippen molar-refractivity contribution < 1.29 is 14.3 Å². The summed E-state index contributed by atoms with van der Waals surface area (Å²) in [5.74, 6) is 0.0436. The van der Waals surface area contributed by atoms with Gasteiger partial charge in [-0.2, -0.15) is 0 Å². The highest BCUT2D eigenvalue weighted by molar-refractivity contribution is 5.94. The van der Waals surface area contributed by atoms with Crippen LogP contribution in [-0.2, 0) is 11.2 Å². The molecule has 4 nitrogen and oxygen atoms in total.